The zero-order chi connectivity index (χ0) is 12.4. The van der Waals surface area contributed by atoms with Crippen molar-refractivity contribution >= 4 is 5.69 Å². The van der Waals surface area contributed by atoms with Crippen molar-refractivity contribution in [2.75, 3.05) is 5.32 Å². The van der Waals surface area contributed by atoms with Crippen molar-refractivity contribution in [2.45, 2.75) is 25.0 Å². The number of para-hydroxylation sites is 1. The summed E-state index contributed by atoms with van der Waals surface area (Å²) in [6.45, 7) is 0. The highest BCUT2D eigenvalue weighted by Crippen LogP contribution is 2.29. The number of rotatable bonds is 2. The number of fused-ring (bicyclic) bond motifs is 1. The van der Waals surface area contributed by atoms with Crippen LogP contribution in [-0.2, 0) is 6.42 Å². The first kappa shape index (κ1) is 11.2. The Morgan fingerprint density at radius 1 is 1.17 bits per heavy atom. The third kappa shape index (κ3) is 2.09. The summed E-state index contributed by atoms with van der Waals surface area (Å²) in [5, 5.41) is 13.8. The molecular formula is C15H16N2O. The van der Waals surface area contributed by atoms with Gasteiger partial charge in [0.1, 0.15) is 6.10 Å². The number of nitrogens with zero attached hydrogens (tertiary/aromatic N) is 1. The molecule has 18 heavy (non-hydrogen) atoms. The van der Waals surface area contributed by atoms with Gasteiger partial charge in [0.25, 0.3) is 0 Å². The SMILES string of the molecule is OC(c1ccccn1)C1CCc2ccccc2N1. The van der Waals surface area contributed by atoms with Crippen LogP contribution >= 0.6 is 0 Å². The predicted molar refractivity (Wildman–Crippen MR) is 71.4 cm³/mol. The van der Waals surface area contributed by atoms with Crippen molar-refractivity contribution < 1.29 is 5.11 Å². The molecule has 0 bridgehead atoms. The number of benzene rings is 1. The Morgan fingerprint density at radius 3 is 2.83 bits per heavy atom. The largest absolute Gasteiger partial charge is 0.385 e. The van der Waals surface area contributed by atoms with Crippen LogP contribution in [0.2, 0.25) is 0 Å². The van der Waals surface area contributed by atoms with Crippen molar-refractivity contribution in [3.8, 4) is 0 Å². The van der Waals surface area contributed by atoms with Crippen LogP contribution in [-0.4, -0.2) is 16.1 Å². The lowest BCUT2D eigenvalue weighted by atomic mass is 9.93. The number of nitrogens with one attached hydrogen (secondary N) is 1. The van der Waals surface area contributed by atoms with Gasteiger partial charge in [-0.05, 0) is 36.6 Å². The van der Waals surface area contributed by atoms with Gasteiger partial charge in [-0.2, -0.15) is 0 Å². The molecule has 0 saturated carbocycles. The maximum Gasteiger partial charge on any atom is 0.116 e. The Labute approximate surface area is 107 Å². The van der Waals surface area contributed by atoms with Gasteiger partial charge in [0, 0.05) is 11.9 Å². The molecule has 2 heterocycles. The first-order valence-electron chi connectivity index (χ1n) is 6.28. The lowest BCUT2D eigenvalue weighted by Gasteiger charge is -2.30. The van der Waals surface area contributed by atoms with Gasteiger partial charge >= 0.3 is 0 Å². The van der Waals surface area contributed by atoms with Gasteiger partial charge in [-0.25, -0.2) is 0 Å². The van der Waals surface area contributed by atoms with Crippen molar-refractivity contribution in [3.63, 3.8) is 0 Å². The summed E-state index contributed by atoms with van der Waals surface area (Å²) in [6, 6.07) is 13.9. The van der Waals surface area contributed by atoms with Gasteiger partial charge in [0.2, 0.25) is 0 Å². The first-order chi connectivity index (χ1) is 8.84. The number of anilines is 1. The van der Waals surface area contributed by atoms with E-state index in [0.717, 1.165) is 24.2 Å². The predicted octanol–water partition coefficient (Wildman–Crippen LogP) is 2.54. The second kappa shape index (κ2) is 4.78. The minimum atomic E-state index is -0.556. The van der Waals surface area contributed by atoms with Crippen LogP contribution in [0.25, 0.3) is 0 Å². The van der Waals surface area contributed by atoms with Crippen LogP contribution in [0.3, 0.4) is 0 Å². The fourth-order valence-corrected chi connectivity index (χ4v) is 2.46. The number of aryl methyl sites for hydroxylation is 1. The van der Waals surface area contributed by atoms with Crippen LogP contribution in [0, 0.1) is 0 Å². The van der Waals surface area contributed by atoms with Crippen LogP contribution in [0.1, 0.15) is 23.8 Å². The molecule has 2 N–H and O–H groups in total. The molecule has 1 aliphatic heterocycles. The third-order valence-electron chi connectivity index (χ3n) is 3.45. The lowest BCUT2D eigenvalue weighted by molar-refractivity contribution is 0.144. The molecule has 2 unspecified atom stereocenters. The molecule has 0 radical (unpaired) electrons. The van der Waals surface area contributed by atoms with E-state index in [1.54, 1.807) is 6.20 Å². The Hall–Kier alpha value is -1.87. The minimum Gasteiger partial charge on any atom is -0.385 e. The number of aliphatic hydroxyl groups excluding tert-OH is 1. The van der Waals surface area contributed by atoms with Gasteiger partial charge in [-0.3, -0.25) is 4.98 Å². The highest BCUT2D eigenvalue weighted by Gasteiger charge is 2.25. The normalized spacial score (nSPS) is 19.7. The van der Waals surface area contributed by atoms with E-state index < -0.39 is 6.10 Å². The maximum absolute atomic E-state index is 10.3. The third-order valence-corrected chi connectivity index (χ3v) is 3.45. The van der Waals surface area contributed by atoms with Gasteiger partial charge in [0.05, 0.1) is 11.7 Å². The number of hydrogen-bond acceptors (Lipinski definition) is 3. The molecular weight excluding hydrogens is 224 g/mol. The monoisotopic (exact) mass is 240 g/mol. The summed E-state index contributed by atoms with van der Waals surface area (Å²) < 4.78 is 0. The second-order valence-corrected chi connectivity index (χ2v) is 4.65. The van der Waals surface area contributed by atoms with Crippen molar-refractivity contribution in [2.24, 2.45) is 0 Å². The molecule has 1 aromatic heterocycles. The highest BCUT2D eigenvalue weighted by molar-refractivity contribution is 5.54. The topological polar surface area (TPSA) is 45.2 Å². The van der Waals surface area contributed by atoms with E-state index in [9.17, 15) is 5.11 Å². The molecule has 0 saturated heterocycles. The molecule has 1 aromatic carbocycles. The van der Waals surface area contributed by atoms with Gasteiger partial charge in [-0.15, -0.1) is 0 Å². The number of hydrogen-bond donors (Lipinski definition) is 2. The lowest BCUT2D eigenvalue weighted by Crippen LogP contribution is -2.32. The molecule has 0 aliphatic carbocycles. The smallest absolute Gasteiger partial charge is 0.116 e. The quantitative estimate of drug-likeness (QED) is 0.848. The minimum absolute atomic E-state index is 0.0369. The number of pyridine rings is 1. The molecule has 1 aliphatic rings. The fourth-order valence-electron chi connectivity index (χ4n) is 2.46. The second-order valence-electron chi connectivity index (χ2n) is 4.65. The van der Waals surface area contributed by atoms with Crippen LogP contribution in [0.15, 0.2) is 48.7 Å². The summed E-state index contributed by atoms with van der Waals surface area (Å²) >= 11 is 0. The molecule has 0 amide bonds. The number of aliphatic hydroxyl groups is 1. The van der Waals surface area contributed by atoms with E-state index in [2.05, 4.69) is 28.5 Å². The summed E-state index contributed by atoms with van der Waals surface area (Å²) in [4.78, 5) is 4.22. The molecule has 0 fully saturated rings. The molecule has 3 heteroatoms. The highest BCUT2D eigenvalue weighted by atomic mass is 16.3. The van der Waals surface area contributed by atoms with E-state index in [4.69, 9.17) is 0 Å². The Balaban J connectivity index is 1.80. The molecule has 2 aromatic rings. The standard InChI is InChI=1S/C15H16N2O/c18-15(13-7-3-4-10-16-13)14-9-8-11-5-1-2-6-12(11)17-14/h1-7,10,14-15,17-18H,8-9H2. The van der Waals surface area contributed by atoms with Gasteiger partial charge in [-0.1, -0.05) is 24.3 Å². The Bertz CT molecular complexity index is 527. The Morgan fingerprint density at radius 2 is 2.00 bits per heavy atom. The summed E-state index contributed by atoms with van der Waals surface area (Å²) in [7, 11) is 0. The summed E-state index contributed by atoms with van der Waals surface area (Å²) in [5.74, 6) is 0. The van der Waals surface area contributed by atoms with E-state index in [1.807, 2.05) is 24.3 Å². The van der Waals surface area contributed by atoms with E-state index in [0.29, 0.717) is 0 Å². The zero-order valence-corrected chi connectivity index (χ0v) is 10.1. The summed E-state index contributed by atoms with van der Waals surface area (Å²) in [5.41, 5.74) is 3.18. The maximum atomic E-state index is 10.3. The first-order valence-corrected chi connectivity index (χ1v) is 6.28. The summed E-state index contributed by atoms with van der Waals surface area (Å²) in [6.07, 6.45) is 3.08. The van der Waals surface area contributed by atoms with Gasteiger partial charge < -0.3 is 10.4 Å². The van der Waals surface area contributed by atoms with E-state index in [1.165, 1.54) is 5.56 Å². The zero-order valence-electron chi connectivity index (χ0n) is 10.1. The van der Waals surface area contributed by atoms with E-state index >= 15 is 0 Å². The van der Waals surface area contributed by atoms with Crippen molar-refractivity contribution in [1.82, 2.24) is 4.98 Å². The average Bonchev–Trinajstić information content (AvgIpc) is 2.47. The average molecular weight is 240 g/mol. The van der Waals surface area contributed by atoms with Crippen LogP contribution in [0.5, 0.6) is 0 Å². The van der Waals surface area contributed by atoms with Crippen LogP contribution < -0.4 is 5.32 Å². The van der Waals surface area contributed by atoms with Crippen molar-refractivity contribution in [3.05, 3.63) is 59.9 Å². The molecule has 0 spiro atoms. The van der Waals surface area contributed by atoms with Crippen LogP contribution in [0.4, 0.5) is 5.69 Å². The molecule has 3 rings (SSSR count). The van der Waals surface area contributed by atoms with E-state index in [-0.39, 0.29) is 6.04 Å². The Kier molecular flexibility index (Phi) is 2.99. The molecule has 3 nitrogen and oxygen atoms in total. The number of aromatic nitrogens is 1. The van der Waals surface area contributed by atoms with Crippen molar-refractivity contribution in [1.29, 1.82) is 0 Å². The molecule has 92 valence electrons. The van der Waals surface area contributed by atoms with Gasteiger partial charge in [0.15, 0.2) is 0 Å². The fraction of sp³-hybridized carbons (Fsp3) is 0.267. The molecule has 2 atom stereocenters.